The van der Waals surface area contributed by atoms with Gasteiger partial charge in [0.2, 0.25) is 0 Å². The number of nitrogens with zero attached hydrogens (tertiary/aromatic N) is 2. The predicted molar refractivity (Wildman–Crippen MR) is 120 cm³/mol. The van der Waals surface area contributed by atoms with E-state index in [1.54, 1.807) is 11.8 Å². The minimum Gasteiger partial charge on any atom is -0.462 e. The molecule has 1 aliphatic heterocycles. The Labute approximate surface area is 193 Å². The lowest BCUT2D eigenvalue weighted by atomic mass is 9.66. The zero-order chi connectivity index (χ0) is 23.7. The highest BCUT2D eigenvalue weighted by Gasteiger charge is 2.56. The van der Waals surface area contributed by atoms with Gasteiger partial charge in [0.1, 0.15) is 5.60 Å². The van der Waals surface area contributed by atoms with Crippen molar-refractivity contribution in [2.24, 2.45) is 5.41 Å². The molecule has 8 nitrogen and oxygen atoms in total. The largest absolute Gasteiger partial charge is 0.462 e. The summed E-state index contributed by atoms with van der Waals surface area (Å²) in [7, 11) is 0. The van der Waals surface area contributed by atoms with Gasteiger partial charge in [-0.15, -0.1) is 0 Å². The van der Waals surface area contributed by atoms with Crippen molar-refractivity contribution < 1.29 is 24.2 Å². The molecule has 1 aliphatic carbocycles. The van der Waals surface area contributed by atoms with Crippen LogP contribution < -0.4 is 5.56 Å². The van der Waals surface area contributed by atoms with Crippen LogP contribution in [0.2, 0.25) is 5.02 Å². The van der Waals surface area contributed by atoms with Gasteiger partial charge >= 0.3 is 12.1 Å². The van der Waals surface area contributed by atoms with Crippen LogP contribution >= 0.6 is 11.6 Å². The van der Waals surface area contributed by atoms with Crippen LogP contribution in [0.15, 0.2) is 17.1 Å². The Balaban J connectivity index is 1.89. The van der Waals surface area contributed by atoms with Crippen molar-refractivity contribution in [1.29, 1.82) is 0 Å². The zero-order valence-electron chi connectivity index (χ0n) is 19.3. The minimum atomic E-state index is -1.22. The lowest BCUT2D eigenvalue weighted by Crippen LogP contribution is -2.62. The van der Waals surface area contributed by atoms with Gasteiger partial charge in [-0.1, -0.05) is 24.4 Å². The number of piperidine rings is 1. The van der Waals surface area contributed by atoms with Crippen LogP contribution in [0.5, 0.6) is 0 Å². The van der Waals surface area contributed by atoms with Crippen LogP contribution in [0.4, 0.5) is 4.79 Å². The smallest absolute Gasteiger partial charge is 0.410 e. The van der Waals surface area contributed by atoms with E-state index in [0.29, 0.717) is 19.5 Å². The lowest BCUT2D eigenvalue weighted by molar-refractivity contribution is -0.140. The summed E-state index contributed by atoms with van der Waals surface area (Å²) in [5, 5.41) is 11.9. The van der Waals surface area contributed by atoms with Crippen LogP contribution in [-0.4, -0.2) is 57.5 Å². The number of amides is 1. The first-order valence-electron chi connectivity index (χ1n) is 11.2. The fraction of sp³-hybridized carbons (Fsp3) is 0.696. The van der Waals surface area contributed by atoms with Crippen LogP contribution in [0.3, 0.4) is 0 Å². The van der Waals surface area contributed by atoms with Crippen molar-refractivity contribution in [2.75, 3.05) is 19.7 Å². The van der Waals surface area contributed by atoms with Gasteiger partial charge in [-0.25, -0.2) is 9.59 Å². The topological polar surface area (TPSA) is 98.1 Å². The summed E-state index contributed by atoms with van der Waals surface area (Å²) < 4.78 is 11.9. The quantitative estimate of drug-likeness (QED) is 0.678. The average Bonchev–Trinajstić information content (AvgIpc) is 3.15. The number of hydrogen-bond acceptors (Lipinski definition) is 6. The number of esters is 1. The van der Waals surface area contributed by atoms with E-state index < -0.39 is 28.1 Å². The SMILES string of the molecule is CCOC(=O)c1cn(C[C@]2(O)CCN(C(=O)OC(C)(C)C)CC23CCCC3)c(=O)cc1Cl. The number of aliphatic hydroxyl groups is 1. The molecule has 32 heavy (non-hydrogen) atoms. The van der Waals surface area contributed by atoms with Gasteiger partial charge in [0.15, 0.2) is 0 Å². The van der Waals surface area contributed by atoms with Crippen LogP contribution in [-0.2, 0) is 16.0 Å². The average molecular weight is 469 g/mol. The highest BCUT2D eigenvalue weighted by atomic mass is 35.5. The molecule has 0 radical (unpaired) electrons. The van der Waals surface area contributed by atoms with E-state index in [-0.39, 0.29) is 29.8 Å². The molecule has 1 amide bonds. The zero-order valence-corrected chi connectivity index (χ0v) is 20.0. The molecule has 1 spiro atoms. The molecular formula is C23H33ClN2O6. The van der Waals surface area contributed by atoms with Gasteiger partial charge in [0.05, 0.1) is 29.3 Å². The van der Waals surface area contributed by atoms with E-state index in [1.165, 1.54) is 16.8 Å². The Morgan fingerprint density at radius 3 is 2.47 bits per heavy atom. The Morgan fingerprint density at radius 2 is 1.88 bits per heavy atom. The monoisotopic (exact) mass is 468 g/mol. The number of likely N-dealkylation sites (tertiary alicyclic amines) is 1. The maximum atomic E-state index is 12.7. The number of hydrogen-bond donors (Lipinski definition) is 1. The van der Waals surface area contributed by atoms with Crippen LogP contribution in [0.1, 0.15) is 70.2 Å². The molecular weight excluding hydrogens is 436 g/mol. The van der Waals surface area contributed by atoms with E-state index in [0.717, 1.165) is 25.7 Å². The predicted octanol–water partition coefficient (Wildman–Crippen LogP) is 3.61. The molecule has 1 saturated carbocycles. The van der Waals surface area contributed by atoms with Gasteiger partial charge in [0, 0.05) is 30.8 Å². The standard InChI is InChI=1S/C23H33ClN2O6/c1-5-31-19(28)16-13-26(18(27)12-17(16)24)15-23(30)10-11-25(20(29)32-21(2,3)4)14-22(23)8-6-7-9-22/h12-13,30H,5-11,14-15H2,1-4H3/t23-/m1/s1. The van der Waals surface area contributed by atoms with E-state index in [9.17, 15) is 19.5 Å². The van der Waals surface area contributed by atoms with Gasteiger partial charge < -0.3 is 24.0 Å². The second kappa shape index (κ2) is 9.06. The molecule has 3 rings (SSSR count). The Kier molecular flexibility index (Phi) is 6.96. The summed E-state index contributed by atoms with van der Waals surface area (Å²) in [5.74, 6) is -0.617. The first-order valence-corrected chi connectivity index (χ1v) is 11.5. The molecule has 1 aromatic heterocycles. The molecule has 0 bridgehead atoms. The van der Waals surface area contributed by atoms with E-state index in [1.807, 2.05) is 20.8 Å². The van der Waals surface area contributed by atoms with Crippen molar-refractivity contribution >= 4 is 23.7 Å². The van der Waals surface area contributed by atoms with Crippen LogP contribution in [0, 0.1) is 5.41 Å². The Hall–Kier alpha value is -2.06. The molecule has 1 N–H and O–H groups in total. The summed E-state index contributed by atoms with van der Waals surface area (Å²) in [6, 6.07) is 1.17. The molecule has 9 heteroatoms. The number of aromatic nitrogens is 1. The van der Waals surface area contributed by atoms with Crippen molar-refractivity contribution in [2.45, 2.75) is 77.5 Å². The van der Waals surface area contributed by atoms with Gasteiger partial charge in [0.25, 0.3) is 5.56 Å². The molecule has 2 aliphatic rings. The third-order valence-corrected chi connectivity index (χ3v) is 6.80. The maximum absolute atomic E-state index is 12.7. The summed E-state index contributed by atoms with van der Waals surface area (Å²) in [4.78, 5) is 39.3. The number of ether oxygens (including phenoxy) is 2. The van der Waals surface area contributed by atoms with Crippen molar-refractivity contribution in [1.82, 2.24) is 9.47 Å². The van der Waals surface area contributed by atoms with Crippen LogP contribution in [0.25, 0.3) is 0 Å². The highest BCUT2D eigenvalue weighted by Crippen LogP contribution is 2.51. The first-order chi connectivity index (χ1) is 14.9. The third kappa shape index (κ3) is 4.96. The van der Waals surface area contributed by atoms with E-state index in [2.05, 4.69) is 0 Å². The molecule has 0 aromatic carbocycles. The summed E-state index contributed by atoms with van der Waals surface area (Å²) in [5.41, 5.74) is -2.69. The van der Waals surface area contributed by atoms with Crippen molar-refractivity contribution in [3.05, 3.63) is 33.2 Å². The fourth-order valence-electron chi connectivity index (χ4n) is 4.90. The number of rotatable bonds is 4. The van der Waals surface area contributed by atoms with Crippen molar-refractivity contribution in [3.63, 3.8) is 0 Å². The minimum absolute atomic E-state index is 0.0115. The number of carbonyl (C=O) groups excluding carboxylic acids is 2. The molecule has 178 valence electrons. The lowest BCUT2D eigenvalue weighted by Gasteiger charge is -2.52. The normalized spacial score (nSPS) is 22.8. The maximum Gasteiger partial charge on any atom is 0.410 e. The molecule has 1 atom stereocenters. The van der Waals surface area contributed by atoms with Crippen molar-refractivity contribution in [3.8, 4) is 0 Å². The number of carbonyl (C=O) groups is 2. The number of pyridine rings is 1. The summed E-state index contributed by atoms with van der Waals surface area (Å²) in [6.07, 6.45) is 4.65. The summed E-state index contributed by atoms with van der Waals surface area (Å²) >= 11 is 6.10. The Bertz CT molecular complexity index is 931. The Morgan fingerprint density at radius 1 is 1.22 bits per heavy atom. The number of halogens is 1. The van der Waals surface area contributed by atoms with Gasteiger partial charge in [-0.2, -0.15) is 0 Å². The molecule has 2 heterocycles. The first kappa shape index (κ1) is 24.6. The molecule has 0 unspecified atom stereocenters. The summed E-state index contributed by atoms with van der Waals surface area (Å²) in [6.45, 7) is 8.04. The fourth-order valence-corrected chi connectivity index (χ4v) is 5.11. The third-order valence-electron chi connectivity index (χ3n) is 6.49. The molecule has 1 saturated heterocycles. The van der Waals surface area contributed by atoms with E-state index >= 15 is 0 Å². The molecule has 2 fully saturated rings. The highest BCUT2D eigenvalue weighted by molar-refractivity contribution is 6.33. The second-order valence-corrected chi connectivity index (χ2v) is 10.3. The van der Waals surface area contributed by atoms with E-state index in [4.69, 9.17) is 21.1 Å². The second-order valence-electron chi connectivity index (χ2n) is 9.89. The van der Waals surface area contributed by atoms with Gasteiger partial charge in [-0.3, -0.25) is 4.79 Å². The van der Waals surface area contributed by atoms with Gasteiger partial charge in [-0.05, 0) is 47.0 Å². The molecule has 1 aromatic rings.